The number of rotatable bonds is 4. The molecule has 0 saturated heterocycles. The van der Waals surface area contributed by atoms with Crippen molar-refractivity contribution in [2.75, 3.05) is 5.73 Å². The summed E-state index contributed by atoms with van der Waals surface area (Å²) in [6, 6.07) is 9.82. The maximum atomic E-state index is 5.76. The van der Waals surface area contributed by atoms with E-state index >= 15 is 0 Å². The summed E-state index contributed by atoms with van der Waals surface area (Å²) in [5, 5.41) is 6.01. The van der Waals surface area contributed by atoms with Gasteiger partial charge >= 0.3 is 0 Å². The second kappa shape index (κ2) is 5.76. The van der Waals surface area contributed by atoms with Gasteiger partial charge in [0.25, 0.3) is 0 Å². The van der Waals surface area contributed by atoms with Crippen molar-refractivity contribution in [2.24, 2.45) is 0 Å². The lowest BCUT2D eigenvalue weighted by atomic mass is 10.1. The number of nitrogen functional groups attached to an aromatic ring is 1. The molecule has 2 N–H and O–H groups in total. The second-order valence-corrected chi connectivity index (χ2v) is 6.21. The summed E-state index contributed by atoms with van der Waals surface area (Å²) in [6.45, 7) is 0. The Morgan fingerprint density at radius 1 is 1.25 bits per heavy atom. The number of nitrogens with zero attached hydrogens (tertiary/aromatic N) is 2. The standard InChI is InChI=1S/C14H12BrN3OS/c15-10-7-12(20-8-10)14-17-13(19-18-14)5-4-9-2-1-3-11(16)6-9/h1-3,6-8H,4-5,16H2. The predicted molar refractivity (Wildman–Crippen MR) is 83.6 cm³/mol. The zero-order valence-electron chi connectivity index (χ0n) is 10.5. The zero-order chi connectivity index (χ0) is 13.9. The number of nitrogens with two attached hydrogens (primary N) is 1. The number of halogens is 1. The van der Waals surface area contributed by atoms with E-state index in [2.05, 4.69) is 26.1 Å². The van der Waals surface area contributed by atoms with Gasteiger partial charge in [-0.25, -0.2) is 0 Å². The molecule has 3 rings (SSSR count). The Kier molecular flexibility index (Phi) is 3.84. The molecule has 0 spiro atoms. The van der Waals surface area contributed by atoms with Gasteiger partial charge < -0.3 is 10.3 Å². The molecule has 0 amide bonds. The van der Waals surface area contributed by atoms with Gasteiger partial charge in [0.1, 0.15) is 0 Å². The SMILES string of the molecule is Nc1cccc(CCc2nc(-c3cc(Br)cs3)no2)c1. The Morgan fingerprint density at radius 3 is 2.90 bits per heavy atom. The van der Waals surface area contributed by atoms with E-state index in [1.165, 1.54) is 5.56 Å². The summed E-state index contributed by atoms with van der Waals surface area (Å²) in [6.07, 6.45) is 1.55. The third-order valence-electron chi connectivity index (χ3n) is 2.83. The first kappa shape index (κ1) is 13.3. The molecule has 0 aliphatic carbocycles. The number of thiophene rings is 1. The Balaban J connectivity index is 1.68. The average Bonchev–Trinajstić information content (AvgIpc) is 3.05. The first-order chi connectivity index (χ1) is 9.70. The van der Waals surface area contributed by atoms with E-state index in [1.54, 1.807) is 11.3 Å². The predicted octanol–water partition coefficient (Wildman–Crippen LogP) is 3.93. The lowest BCUT2D eigenvalue weighted by Gasteiger charge is -1.99. The minimum absolute atomic E-state index is 0.642. The molecule has 102 valence electrons. The van der Waals surface area contributed by atoms with E-state index in [0.29, 0.717) is 18.1 Å². The van der Waals surface area contributed by atoms with Gasteiger partial charge in [-0.05, 0) is 46.1 Å². The highest BCUT2D eigenvalue weighted by atomic mass is 79.9. The fourth-order valence-electron chi connectivity index (χ4n) is 1.89. The monoisotopic (exact) mass is 349 g/mol. The summed E-state index contributed by atoms with van der Waals surface area (Å²) in [4.78, 5) is 5.41. The molecular formula is C14H12BrN3OS. The summed E-state index contributed by atoms with van der Waals surface area (Å²) in [5.41, 5.74) is 7.70. The number of anilines is 1. The maximum absolute atomic E-state index is 5.76. The van der Waals surface area contributed by atoms with Gasteiger partial charge in [0.05, 0.1) is 4.88 Å². The van der Waals surface area contributed by atoms with Crippen molar-refractivity contribution in [1.82, 2.24) is 10.1 Å². The molecular weight excluding hydrogens is 338 g/mol. The van der Waals surface area contributed by atoms with Crippen molar-refractivity contribution >= 4 is 33.0 Å². The van der Waals surface area contributed by atoms with Crippen LogP contribution in [0.3, 0.4) is 0 Å². The second-order valence-electron chi connectivity index (χ2n) is 4.39. The number of benzene rings is 1. The highest BCUT2D eigenvalue weighted by Crippen LogP contribution is 2.27. The van der Waals surface area contributed by atoms with E-state index in [-0.39, 0.29) is 0 Å². The fraction of sp³-hybridized carbons (Fsp3) is 0.143. The van der Waals surface area contributed by atoms with Crippen LogP contribution in [0.15, 0.2) is 44.7 Å². The molecule has 2 heterocycles. The van der Waals surface area contributed by atoms with Crippen LogP contribution in [0.2, 0.25) is 0 Å². The molecule has 1 aromatic carbocycles. The van der Waals surface area contributed by atoms with Crippen LogP contribution in [0.25, 0.3) is 10.7 Å². The molecule has 6 heteroatoms. The van der Waals surface area contributed by atoms with Gasteiger partial charge in [-0.1, -0.05) is 17.3 Å². The number of hydrogen-bond acceptors (Lipinski definition) is 5. The quantitative estimate of drug-likeness (QED) is 0.724. The van der Waals surface area contributed by atoms with E-state index in [0.717, 1.165) is 21.5 Å². The van der Waals surface area contributed by atoms with Crippen molar-refractivity contribution in [2.45, 2.75) is 12.8 Å². The number of aryl methyl sites for hydroxylation is 2. The van der Waals surface area contributed by atoms with Crippen LogP contribution in [-0.4, -0.2) is 10.1 Å². The van der Waals surface area contributed by atoms with Gasteiger partial charge in [-0.15, -0.1) is 11.3 Å². The van der Waals surface area contributed by atoms with Crippen molar-refractivity contribution in [3.63, 3.8) is 0 Å². The molecule has 3 aromatic rings. The summed E-state index contributed by atoms with van der Waals surface area (Å²) < 4.78 is 6.31. The molecule has 2 aromatic heterocycles. The highest BCUT2D eigenvalue weighted by Gasteiger charge is 2.10. The normalized spacial score (nSPS) is 10.8. The molecule has 0 aliphatic heterocycles. The van der Waals surface area contributed by atoms with Gasteiger partial charge in [0, 0.05) is 22.0 Å². The number of aromatic nitrogens is 2. The average molecular weight is 350 g/mol. The van der Waals surface area contributed by atoms with Gasteiger partial charge in [-0.2, -0.15) is 4.98 Å². The minimum atomic E-state index is 0.642. The minimum Gasteiger partial charge on any atom is -0.399 e. The fourth-order valence-corrected chi connectivity index (χ4v) is 3.24. The van der Waals surface area contributed by atoms with Crippen LogP contribution in [0.5, 0.6) is 0 Å². The zero-order valence-corrected chi connectivity index (χ0v) is 12.9. The van der Waals surface area contributed by atoms with E-state index in [9.17, 15) is 0 Å². The van der Waals surface area contributed by atoms with E-state index < -0.39 is 0 Å². The van der Waals surface area contributed by atoms with E-state index in [4.69, 9.17) is 10.3 Å². The van der Waals surface area contributed by atoms with Crippen LogP contribution in [0, 0.1) is 0 Å². The topological polar surface area (TPSA) is 64.9 Å². The smallest absolute Gasteiger partial charge is 0.227 e. The summed E-state index contributed by atoms with van der Waals surface area (Å²) in [5.74, 6) is 1.29. The van der Waals surface area contributed by atoms with Crippen molar-refractivity contribution < 1.29 is 4.52 Å². The molecule has 4 nitrogen and oxygen atoms in total. The molecule has 0 radical (unpaired) electrons. The Hall–Kier alpha value is -1.66. The third kappa shape index (κ3) is 3.08. The molecule has 20 heavy (non-hydrogen) atoms. The molecule has 0 unspecified atom stereocenters. The van der Waals surface area contributed by atoms with Gasteiger partial charge in [0.15, 0.2) is 0 Å². The highest BCUT2D eigenvalue weighted by molar-refractivity contribution is 9.10. The number of hydrogen-bond donors (Lipinski definition) is 1. The molecule has 0 saturated carbocycles. The van der Waals surface area contributed by atoms with Gasteiger partial charge in [0.2, 0.25) is 11.7 Å². The summed E-state index contributed by atoms with van der Waals surface area (Å²) in [7, 11) is 0. The molecule has 0 bridgehead atoms. The first-order valence-corrected chi connectivity index (χ1v) is 7.79. The van der Waals surface area contributed by atoms with E-state index in [1.807, 2.05) is 35.7 Å². The summed E-state index contributed by atoms with van der Waals surface area (Å²) >= 11 is 5.00. The lowest BCUT2D eigenvalue weighted by Crippen LogP contribution is -1.93. The van der Waals surface area contributed by atoms with Crippen LogP contribution >= 0.6 is 27.3 Å². The molecule has 0 fully saturated rings. The Morgan fingerprint density at radius 2 is 2.15 bits per heavy atom. The largest absolute Gasteiger partial charge is 0.399 e. The first-order valence-electron chi connectivity index (χ1n) is 6.12. The third-order valence-corrected chi connectivity index (χ3v) is 4.52. The van der Waals surface area contributed by atoms with Crippen LogP contribution < -0.4 is 5.73 Å². The van der Waals surface area contributed by atoms with Crippen LogP contribution in [-0.2, 0) is 12.8 Å². The van der Waals surface area contributed by atoms with Gasteiger partial charge in [-0.3, -0.25) is 0 Å². The lowest BCUT2D eigenvalue weighted by molar-refractivity contribution is 0.379. The van der Waals surface area contributed by atoms with Crippen LogP contribution in [0.1, 0.15) is 11.5 Å². The van der Waals surface area contributed by atoms with Crippen molar-refractivity contribution in [1.29, 1.82) is 0 Å². The van der Waals surface area contributed by atoms with Crippen LogP contribution in [0.4, 0.5) is 5.69 Å². The molecule has 0 atom stereocenters. The Labute approximate surface area is 128 Å². The molecule has 0 aliphatic rings. The maximum Gasteiger partial charge on any atom is 0.227 e. The van der Waals surface area contributed by atoms with Crippen molar-refractivity contribution in [3.05, 3.63) is 51.6 Å². The Bertz CT molecular complexity index is 723. The van der Waals surface area contributed by atoms with Crippen molar-refractivity contribution in [3.8, 4) is 10.7 Å².